The first-order valence-corrected chi connectivity index (χ1v) is 7.65. The average Bonchev–Trinajstić information content (AvgIpc) is 2.91. The predicted octanol–water partition coefficient (Wildman–Crippen LogP) is 1.75. The van der Waals surface area contributed by atoms with Crippen LogP contribution in [0.1, 0.15) is 28.7 Å². The number of aliphatic hydroxyl groups is 1. The number of hydrogen-bond acceptors (Lipinski definition) is 5. The zero-order valence-corrected chi connectivity index (χ0v) is 13.7. The Morgan fingerprint density at radius 3 is 2.58 bits per heavy atom. The van der Waals surface area contributed by atoms with Gasteiger partial charge in [-0.05, 0) is 19.4 Å². The molecule has 0 bridgehead atoms. The minimum atomic E-state index is -0.582. The van der Waals surface area contributed by atoms with E-state index in [1.165, 1.54) is 16.5 Å². The van der Waals surface area contributed by atoms with E-state index < -0.39 is 10.8 Å². The van der Waals surface area contributed by atoms with Gasteiger partial charge in [0.2, 0.25) is 5.69 Å². The molecule has 0 spiro atoms. The molecular weight excluding hydrogens is 312 g/mol. The lowest BCUT2D eigenvalue weighted by atomic mass is 10.2. The summed E-state index contributed by atoms with van der Waals surface area (Å²) in [7, 11) is 0. The van der Waals surface area contributed by atoms with Crippen LogP contribution in [0.5, 0.6) is 0 Å². The largest absolute Gasteiger partial charge is 0.395 e. The van der Waals surface area contributed by atoms with Gasteiger partial charge in [0, 0.05) is 19.6 Å². The van der Waals surface area contributed by atoms with Crippen LogP contribution in [0.4, 0.5) is 5.69 Å². The molecular formula is C16H20N4O4. The van der Waals surface area contributed by atoms with Crippen molar-refractivity contribution in [2.75, 3.05) is 13.2 Å². The predicted molar refractivity (Wildman–Crippen MR) is 87.6 cm³/mol. The topological polar surface area (TPSA) is 102 Å². The molecule has 2 rings (SSSR count). The summed E-state index contributed by atoms with van der Waals surface area (Å²) in [6.07, 6.45) is 0. The highest BCUT2D eigenvalue weighted by molar-refractivity contribution is 5.97. The molecule has 0 unspecified atom stereocenters. The van der Waals surface area contributed by atoms with Crippen molar-refractivity contribution < 1.29 is 14.8 Å². The maximum atomic E-state index is 12.9. The van der Waals surface area contributed by atoms with Crippen molar-refractivity contribution in [2.24, 2.45) is 0 Å². The lowest BCUT2D eigenvalue weighted by molar-refractivity contribution is -0.385. The Kier molecular flexibility index (Phi) is 5.64. The summed E-state index contributed by atoms with van der Waals surface area (Å²) in [5.74, 6) is -0.512. The van der Waals surface area contributed by atoms with Crippen LogP contribution in [-0.4, -0.2) is 43.8 Å². The van der Waals surface area contributed by atoms with E-state index in [0.29, 0.717) is 6.54 Å². The molecule has 0 aliphatic carbocycles. The van der Waals surface area contributed by atoms with Gasteiger partial charge < -0.3 is 10.0 Å². The number of carbonyl (C=O) groups excluding carboxylic acids is 1. The normalized spacial score (nSPS) is 10.6. The molecule has 1 amide bonds. The second kappa shape index (κ2) is 7.69. The Balaban J connectivity index is 2.41. The number of carbonyl (C=O) groups is 1. The molecule has 1 aromatic heterocycles. The fraction of sp³-hybridized carbons (Fsp3) is 0.375. The number of amides is 1. The maximum Gasteiger partial charge on any atom is 0.322 e. The Labute approximate surface area is 139 Å². The highest BCUT2D eigenvalue weighted by atomic mass is 16.6. The Hall–Kier alpha value is -2.74. The van der Waals surface area contributed by atoms with Crippen molar-refractivity contribution in [1.82, 2.24) is 14.7 Å². The van der Waals surface area contributed by atoms with Crippen LogP contribution >= 0.6 is 0 Å². The lowest BCUT2D eigenvalue weighted by Crippen LogP contribution is -2.35. The summed E-state index contributed by atoms with van der Waals surface area (Å²) >= 11 is 0. The molecule has 128 valence electrons. The van der Waals surface area contributed by atoms with Gasteiger partial charge in [-0.3, -0.25) is 19.6 Å². The Morgan fingerprint density at radius 1 is 1.38 bits per heavy atom. The molecule has 1 heterocycles. The maximum absolute atomic E-state index is 12.9. The van der Waals surface area contributed by atoms with Crippen LogP contribution in [0.2, 0.25) is 0 Å². The zero-order chi connectivity index (χ0) is 17.7. The van der Waals surface area contributed by atoms with Gasteiger partial charge in [0.1, 0.15) is 5.69 Å². The number of aliphatic hydroxyl groups excluding tert-OH is 1. The molecule has 8 heteroatoms. The van der Waals surface area contributed by atoms with Crippen LogP contribution in [0.25, 0.3) is 0 Å². The van der Waals surface area contributed by atoms with Crippen molar-refractivity contribution in [3.05, 3.63) is 57.4 Å². The number of benzene rings is 1. The van der Waals surface area contributed by atoms with Crippen LogP contribution in [0.3, 0.4) is 0 Å². The van der Waals surface area contributed by atoms with E-state index in [4.69, 9.17) is 0 Å². The van der Waals surface area contributed by atoms with Crippen molar-refractivity contribution in [2.45, 2.75) is 26.9 Å². The van der Waals surface area contributed by atoms with Crippen LogP contribution in [0, 0.1) is 17.0 Å². The van der Waals surface area contributed by atoms with Crippen LogP contribution in [-0.2, 0) is 13.1 Å². The van der Waals surface area contributed by atoms with Gasteiger partial charge in [0.05, 0.1) is 11.5 Å². The fourth-order valence-electron chi connectivity index (χ4n) is 2.56. The third-order valence-electron chi connectivity index (χ3n) is 3.65. The van der Waals surface area contributed by atoms with Crippen LogP contribution < -0.4 is 0 Å². The number of hydrogen-bond donors (Lipinski definition) is 1. The molecule has 1 N–H and O–H groups in total. The van der Waals surface area contributed by atoms with E-state index in [1.807, 2.05) is 30.3 Å². The number of rotatable bonds is 7. The fourth-order valence-corrected chi connectivity index (χ4v) is 2.56. The first kappa shape index (κ1) is 17.6. The van der Waals surface area contributed by atoms with Crippen LogP contribution in [0.15, 0.2) is 30.3 Å². The third-order valence-corrected chi connectivity index (χ3v) is 3.65. The van der Waals surface area contributed by atoms with Gasteiger partial charge in [-0.25, -0.2) is 0 Å². The van der Waals surface area contributed by atoms with E-state index >= 15 is 0 Å². The average molecular weight is 332 g/mol. The van der Waals surface area contributed by atoms with Gasteiger partial charge in [-0.15, -0.1) is 0 Å². The van der Waals surface area contributed by atoms with E-state index in [0.717, 1.165) is 5.56 Å². The van der Waals surface area contributed by atoms with E-state index in [2.05, 4.69) is 5.10 Å². The monoisotopic (exact) mass is 332 g/mol. The Morgan fingerprint density at radius 2 is 2.04 bits per heavy atom. The van der Waals surface area contributed by atoms with Gasteiger partial charge in [0.25, 0.3) is 5.91 Å². The summed E-state index contributed by atoms with van der Waals surface area (Å²) in [5.41, 5.74) is 0.748. The molecule has 0 aliphatic rings. The molecule has 0 atom stereocenters. The molecule has 2 aromatic rings. The summed E-state index contributed by atoms with van der Waals surface area (Å²) < 4.78 is 1.34. The molecule has 8 nitrogen and oxygen atoms in total. The van der Waals surface area contributed by atoms with Crippen molar-refractivity contribution in [1.29, 1.82) is 0 Å². The molecule has 1 aromatic carbocycles. The van der Waals surface area contributed by atoms with Gasteiger partial charge in [-0.2, -0.15) is 5.10 Å². The van der Waals surface area contributed by atoms with Crippen molar-refractivity contribution in [3.8, 4) is 0 Å². The van der Waals surface area contributed by atoms with Gasteiger partial charge in [0.15, 0.2) is 0 Å². The highest BCUT2D eigenvalue weighted by Crippen LogP contribution is 2.25. The second-order valence-corrected chi connectivity index (χ2v) is 5.29. The quantitative estimate of drug-likeness (QED) is 0.615. The number of aryl methyl sites for hydroxylation is 2. The smallest absolute Gasteiger partial charge is 0.322 e. The summed E-state index contributed by atoms with van der Waals surface area (Å²) in [6.45, 7) is 3.72. The van der Waals surface area contributed by atoms with Gasteiger partial charge in [-0.1, -0.05) is 30.3 Å². The first-order valence-electron chi connectivity index (χ1n) is 7.65. The molecule has 0 saturated heterocycles. The minimum Gasteiger partial charge on any atom is -0.395 e. The molecule has 0 saturated carbocycles. The number of aromatic nitrogens is 2. The first-order chi connectivity index (χ1) is 11.5. The van der Waals surface area contributed by atoms with Gasteiger partial charge >= 0.3 is 5.69 Å². The molecule has 0 radical (unpaired) electrons. The highest BCUT2D eigenvalue weighted by Gasteiger charge is 2.32. The zero-order valence-electron chi connectivity index (χ0n) is 13.7. The number of nitrogens with zero attached hydrogens (tertiary/aromatic N) is 4. The van der Waals surface area contributed by atoms with E-state index in [-0.39, 0.29) is 36.8 Å². The van der Waals surface area contributed by atoms with Crippen molar-refractivity contribution in [3.63, 3.8) is 0 Å². The minimum absolute atomic E-state index is 0.0515. The SMILES string of the molecule is CCn1nc(C)c([N+](=O)[O-])c1C(=O)N(CCO)Cc1ccccc1. The number of nitro groups is 1. The molecule has 24 heavy (non-hydrogen) atoms. The molecule has 0 fully saturated rings. The van der Waals surface area contributed by atoms with Crippen molar-refractivity contribution >= 4 is 11.6 Å². The Bertz CT molecular complexity index is 727. The third kappa shape index (κ3) is 3.60. The van der Waals surface area contributed by atoms with E-state index in [1.54, 1.807) is 6.92 Å². The molecule has 0 aliphatic heterocycles. The standard InChI is InChI=1S/C16H20N4O4/c1-3-19-15(14(20(23)24)12(2)17-19)16(22)18(9-10-21)11-13-7-5-4-6-8-13/h4-8,21H,3,9-11H2,1-2H3. The second-order valence-electron chi connectivity index (χ2n) is 5.29. The summed E-state index contributed by atoms with van der Waals surface area (Å²) in [4.78, 5) is 25.1. The summed E-state index contributed by atoms with van der Waals surface area (Å²) in [5, 5.41) is 24.7. The van der Waals surface area contributed by atoms with E-state index in [9.17, 15) is 20.0 Å². The lowest BCUT2D eigenvalue weighted by Gasteiger charge is -2.21. The summed E-state index contributed by atoms with van der Waals surface area (Å²) in [6, 6.07) is 9.27.